The summed E-state index contributed by atoms with van der Waals surface area (Å²) in [5.74, 6) is 3.88. The Morgan fingerprint density at radius 3 is 2.07 bits per heavy atom. The molecule has 0 N–H and O–H groups in total. The van der Waals surface area contributed by atoms with Crippen LogP contribution in [-0.4, -0.2) is 0 Å². The van der Waals surface area contributed by atoms with Gasteiger partial charge in [0.2, 0.25) is 0 Å². The highest BCUT2D eigenvalue weighted by Gasteiger charge is 2.08. The number of terminal acetylenes is 1. The number of hydrogen-bond donors (Lipinski definition) is 0. The van der Waals surface area contributed by atoms with Crippen LogP contribution in [0.5, 0.6) is 0 Å². The maximum absolute atomic E-state index is 5.37. The van der Waals surface area contributed by atoms with E-state index in [9.17, 15) is 0 Å². The van der Waals surface area contributed by atoms with E-state index in [0.29, 0.717) is 11.8 Å². The summed E-state index contributed by atoms with van der Waals surface area (Å²) in [5.41, 5.74) is 2.77. The first kappa shape index (κ1) is 11.9. The minimum Gasteiger partial charge on any atom is -0.120 e. The van der Waals surface area contributed by atoms with Gasteiger partial charge in [-0.2, -0.15) is 0 Å². The molecule has 0 amide bonds. The summed E-state index contributed by atoms with van der Waals surface area (Å²) in [5, 5.41) is 0. The minimum absolute atomic E-state index is 0.524. The van der Waals surface area contributed by atoms with Crippen molar-refractivity contribution in [2.45, 2.75) is 45.4 Å². The van der Waals surface area contributed by atoms with Crippen LogP contribution in [0.25, 0.3) is 0 Å². The van der Waals surface area contributed by atoms with Crippen molar-refractivity contribution in [3.63, 3.8) is 0 Å². The van der Waals surface area contributed by atoms with Crippen LogP contribution < -0.4 is 0 Å². The highest BCUT2D eigenvalue weighted by atomic mass is 14.1. The number of hydrogen-bond acceptors (Lipinski definition) is 0. The standard InChI is InChI=1S/C15H20/c1-5-7-13(6-2)15-10-8-14(9-11-15)12(3)4/h1,8-13H,6-7H2,2-4H3. The average Bonchev–Trinajstić information content (AvgIpc) is 2.26. The third-order valence-corrected chi connectivity index (χ3v) is 2.93. The van der Waals surface area contributed by atoms with Crippen LogP contribution >= 0.6 is 0 Å². The zero-order chi connectivity index (χ0) is 11.3. The first-order chi connectivity index (χ1) is 7.19. The Bertz CT molecular complexity index is 324. The largest absolute Gasteiger partial charge is 0.120 e. The second-order valence-electron chi connectivity index (χ2n) is 4.33. The highest BCUT2D eigenvalue weighted by Crippen LogP contribution is 2.24. The van der Waals surface area contributed by atoms with Crippen molar-refractivity contribution in [3.05, 3.63) is 35.4 Å². The molecule has 0 radical (unpaired) electrons. The number of benzene rings is 1. The van der Waals surface area contributed by atoms with Crippen LogP contribution in [0.4, 0.5) is 0 Å². The Morgan fingerprint density at radius 1 is 1.13 bits per heavy atom. The molecule has 0 saturated carbocycles. The van der Waals surface area contributed by atoms with Crippen molar-refractivity contribution in [2.75, 3.05) is 0 Å². The quantitative estimate of drug-likeness (QED) is 0.635. The summed E-state index contributed by atoms with van der Waals surface area (Å²) in [6, 6.07) is 8.89. The van der Waals surface area contributed by atoms with Crippen molar-refractivity contribution < 1.29 is 0 Å². The van der Waals surface area contributed by atoms with Gasteiger partial charge in [0.25, 0.3) is 0 Å². The van der Waals surface area contributed by atoms with Gasteiger partial charge in [0.05, 0.1) is 0 Å². The molecule has 0 nitrogen and oxygen atoms in total. The van der Waals surface area contributed by atoms with Crippen LogP contribution in [0.15, 0.2) is 24.3 Å². The molecule has 0 saturated heterocycles. The normalized spacial score (nSPS) is 12.5. The molecule has 0 aromatic heterocycles. The predicted octanol–water partition coefficient (Wildman–Crippen LogP) is 4.33. The van der Waals surface area contributed by atoms with E-state index in [1.165, 1.54) is 11.1 Å². The lowest BCUT2D eigenvalue weighted by Gasteiger charge is -2.13. The van der Waals surface area contributed by atoms with E-state index in [-0.39, 0.29) is 0 Å². The van der Waals surface area contributed by atoms with Gasteiger partial charge in [0, 0.05) is 6.42 Å². The average molecular weight is 200 g/mol. The zero-order valence-corrected chi connectivity index (χ0v) is 9.96. The molecule has 1 atom stereocenters. The fraction of sp³-hybridized carbons (Fsp3) is 0.467. The fourth-order valence-corrected chi connectivity index (χ4v) is 1.79. The predicted molar refractivity (Wildman–Crippen MR) is 67.0 cm³/mol. The van der Waals surface area contributed by atoms with Gasteiger partial charge < -0.3 is 0 Å². The van der Waals surface area contributed by atoms with E-state index < -0.39 is 0 Å². The fourth-order valence-electron chi connectivity index (χ4n) is 1.79. The van der Waals surface area contributed by atoms with Crippen LogP contribution in [0.2, 0.25) is 0 Å². The second kappa shape index (κ2) is 5.61. The maximum Gasteiger partial charge on any atom is 0.0155 e. The van der Waals surface area contributed by atoms with Gasteiger partial charge in [0.1, 0.15) is 0 Å². The Labute approximate surface area is 93.7 Å². The van der Waals surface area contributed by atoms with Crippen LogP contribution in [0.3, 0.4) is 0 Å². The minimum atomic E-state index is 0.524. The Kier molecular flexibility index (Phi) is 4.43. The highest BCUT2D eigenvalue weighted by molar-refractivity contribution is 5.27. The second-order valence-corrected chi connectivity index (χ2v) is 4.33. The molecule has 1 rings (SSSR count). The van der Waals surface area contributed by atoms with E-state index >= 15 is 0 Å². The van der Waals surface area contributed by atoms with Crippen LogP contribution in [0.1, 0.15) is 56.6 Å². The van der Waals surface area contributed by atoms with E-state index in [0.717, 1.165) is 12.8 Å². The summed E-state index contributed by atoms with van der Waals surface area (Å²) in [7, 11) is 0. The van der Waals surface area contributed by atoms with Crippen molar-refractivity contribution in [1.29, 1.82) is 0 Å². The molecule has 0 heteroatoms. The molecule has 0 bridgehead atoms. The molecule has 0 spiro atoms. The Morgan fingerprint density at radius 2 is 1.67 bits per heavy atom. The van der Waals surface area contributed by atoms with Gasteiger partial charge in [-0.15, -0.1) is 12.3 Å². The van der Waals surface area contributed by atoms with E-state index in [1.807, 2.05) is 0 Å². The third kappa shape index (κ3) is 3.13. The molecule has 0 aliphatic heterocycles. The molecule has 15 heavy (non-hydrogen) atoms. The van der Waals surface area contributed by atoms with Gasteiger partial charge >= 0.3 is 0 Å². The smallest absolute Gasteiger partial charge is 0.0155 e. The zero-order valence-electron chi connectivity index (χ0n) is 9.96. The van der Waals surface area contributed by atoms with Gasteiger partial charge in [-0.3, -0.25) is 0 Å². The molecule has 0 aliphatic rings. The summed E-state index contributed by atoms with van der Waals surface area (Å²) in [4.78, 5) is 0. The lowest BCUT2D eigenvalue weighted by molar-refractivity contribution is 0.684. The summed E-state index contributed by atoms with van der Waals surface area (Å²) >= 11 is 0. The van der Waals surface area contributed by atoms with Gasteiger partial charge in [-0.25, -0.2) is 0 Å². The van der Waals surface area contributed by atoms with Gasteiger partial charge in [-0.1, -0.05) is 45.0 Å². The first-order valence-electron chi connectivity index (χ1n) is 5.72. The van der Waals surface area contributed by atoms with Crippen molar-refractivity contribution >= 4 is 0 Å². The van der Waals surface area contributed by atoms with E-state index in [4.69, 9.17) is 6.42 Å². The number of rotatable bonds is 4. The van der Waals surface area contributed by atoms with Crippen LogP contribution in [0, 0.1) is 12.3 Å². The molecule has 1 unspecified atom stereocenters. The van der Waals surface area contributed by atoms with Gasteiger partial charge in [0.15, 0.2) is 0 Å². The summed E-state index contributed by atoms with van der Waals surface area (Å²) < 4.78 is 0. The van der Waals surface area contributed by atoms with E-state index in [1.54, 1.807) is 0 Å². The summed E-state index contributed by atoms with van der Waals surface area (Å²) in [6.45, 7) is 6.62. The molecule has 0 fully saturated rings. The van der Waals surface area contributed by atoms with Gasteiger partial charge in [-0.05, 0) is 29.4 Å². The van der Waals surface area contributed by atoms with E-state index in [2.05, 4.69) is 51.0 Å². The molecule has 0 aliphatic carbocycles. The van der Waals surface area contributed by atoms with Crippen molar-refractivity contribution in [3.8, 4) is 12.3 Å². The Hall–Kier alpha value is -1.22. The lowest BCUT2D eigenvalue weighted by Crippen LogP contribution is -1.97. The van der Waals surface area contributed by atoms with Crippen LogP contribution in [-0.2, 0) is 0 Å². The molecular formula is C15H20. The lowest BCUT2D eigenvalue weighted by atomic mass is 9.91. The Balaban J connectivity index is 2.83. The SMILES string of the molecule is C#CCC(CC)c1ccc(C(C)C)cc1. The topological polar surface area (TPSA) is 0 Å². The summed E-state index contributed by atoms with van der Waals surface area (Å²) in [6.07, 6.45) is 7.33. The van der Waals surface area contributed by atoms with Crippen molar-refractivity contribution in [2.24, 2.45) is 0 Å². The first-order valence-corrected chi connectivity index (χ1v) is 5.72. The van der Waals surface area contributed by atoms with Crippen molar-refractivity contribution in [1.82, 2.24) is 0 Å². The molecule has 1 aromatic carbocycles. The third-order valence-electron chi connectivity index (χ3n) is 2.93. The molecule has 0 heterocycles. The maximum atomic E-state index is 5.37. The molecule has 80 valence electrons. The molecular weight excluding hydrogens is 180 g/mol. The monoisotopic (exact) mass is 200 g/mol. The molecule has 1 aromatic rings.